The Balaban J connectivity index is 1.64. The first-order valence-corrected chi connectivity index (χ1v) is 10.2. The molecule has 0 aliphatic carbocycles. The maximum absolute atomic E-state index is 12.9. The third-order valence-electron chi connectivity index (χ3n) is 3.99. The maximum Gasteiger partial charge on any atom is 0.416 e. The van der Waals surface area contributed by atoms with Crippen LogP contribution in [0.25, 0.3) is 0 Å². The van der Waals surface area contributed by atoms with E-state index >= 15 is 0 Å². The molecule has 1 heterocycles. The highest BCUT2D eigenvalue weighted by Crippen LogP contribution is 2.31. The second-order valence-electron chi connectivity index (χ2n) is 6.25. The molecule has 31 heavy (non-hydrogen) atoms. The van der Waals surface area contributed by atoms with Crippen molar-refractivity contribution >= 4 is 46.4 Å². The number of carbonyl (C=O) groups excluding carboxylic acids is 1. The number of benzene rings is 2. The summed E-state index contributed by atoms with van der Waals surface area (Å²) in [6, 6.07) is 15.6. The van der Waals surface area contributed by atoms with Crippen LogP contribution in [-0.4, -0.2) is 23.1 Å². The lowest BCUT2D eigenvalue weighted by molar-refractivity contribution is -0.137. The van der Waals surface area contributed by atoms with Crippen LogP contribution in [0.4, 0.5) is 24.5 Å². The van der Waals surface area contributed by atoms with Crippen LogP contribution in [0.3, 0.4) is 0 Å². The third-order valence-corrected chi connectivity index (χ3v) is 5.13. The van der Waals surface area contributed by atoms with Crippen molar-refractivity contribution < 1.29 is 18.0 Å². The molecule has 3 rings (SSSR count). The van der Waals surface area contributed by atoms with Gasteiger partial charge in [-0.2, -0.15) is 13.2 Å². The third kappa shape index (κ3) is 6.43. The number of hydrogen-bond donors (Lipinski definition) is 3. The van der Waals surface area contributed by atoms with Gasteiger partial charge in [0, 0.05) is 29.5 Å². The summed E-state index contributed by atoms with van der Waals surface area (Å²) in [5, 5.41) is 9.12. The molecule has 1 aromatic heterocycles. The fourth-order valence-corrected chi connectivity index (χ4v) is 3.60. The van der Waals surface area contributed by atoms with E-state index in [1.165, 1.54) is 30.1 Å². The van der Waals surface area contributed by atoms with Gasteiger partial charge < -0.3 is 16.0 Å². The number of pyridine rings is 1. The minimum Gasteiger partial charge on any atom is -0.355 e. The number of halogens is 3. The SMILES string of the molecule is CNC(=O)c1ccc(Sc2cccc(NC(=S)Nc3cccc(C(F)(F)F)c3)c2)nc1. The van der Waals surface area contributed by atoms with E-state index in [2.05, 4.69) is 20.9 Å². The van der Waals surface area contributed by atoms with Crippen molar-refractivity contribution in [2.45, 2.75) is 16.1 Å². The molecular formula is C21H17F3N4OS2. The van der Waals surface area contributed by atoms with Gasteiger partial charge in [0.15, 0.2) is 5.11 Å². The van der Waals surface area contributed by atoms with Crippen molar-refractivity contribution in [3.63, 3.8) is 0 Å². The smallest absolute Gasteiger partial charge is 0.355 e. The van der Waals surface area contributed by atoms with Crippen LogP contribution in [0.2, 0.25) is 0 Å². The Morgan fingerprint density at radius 2 is 1.68 bits per heavy atom. The Bertz CT molecular complexity index is 1090. The molecule has 1 amide bonds. The molecule has 0 radical (unpaired) electrons. The second-order valence-corrected chi connectivity index (χ2v) is 7.75. The van der Waals surface area contributed by atoms with Crippen LogP contribution < -0.4 is 16.0 Å². The normalized spacial score (nSPS) is 11.0. The molecule has 0 unspecified atom stereocenters. The van der Waals surface area contributed by atoms with E-state index in [0.717, 1.165) is 17.0 Å². The number of rotatable bonds is 5. The molecule has 0 fully saturated rings. The number of amides is 1. The van der Waals surface area contributed by atoms with E-state index in [9.17, 15) is 18.0 Å². The van der Waals surface area contributed by atoms with Crippen LogP contribution in [0.15, 0.2) is 76.8 Å². The average molecular weight is 463 g/mol. The molecule has 0 aliphatic heterocycles. The Morgan fingerprint density at radius 3 is 2.29 bits per heavy atom. The number of alkyl halides is 3. The van der Waals surface area contributed by atoms with E-state index in [4.69, 9.17) is 12.2 Å². The number of nitrogens with zero attached hydrogens (tertiary/aromatic N) is 1. The van der Waals surface area contributed by atoms with Crippen molar-refractivity contribution in [3.8, 4) is 0 Å². The van der Waals surface area contributed by atoms with Gasteiger partial charge in [-0.05, 0) is 60.7 Å². The molecule has 160 valence electrons. The summed E-state index contributed by atoms with van der Waals surface area (Å²) < 4.78 is 38.6. The van der Waals surface area contributed by atoms with Crippen LogP contribution in [-0.2, 0) is 6.18 Å². The topological polar surface area (TPSA) is 66.1 Å². The standard InChI is InChI=1S/C21H17F3N4OS2/c1-25-19(29)13-8-9-18(26-12-13)31-17-7-3-6-16(11-17)28-20(30)27-15-5-2-4-14(10-15)21(22,23)24/h2-12H,1H3,(H,25,29)(H2,27,28,30). The molecule has 3 aromatic rings. The Labute approximate surface area is 186 Å². The van der Waals surface area contributed by atoms with Crippen LogP contribution >= 0.6 is 24.0 Å². The largest absolute Gasteiger partial charge is 0.416 e. The summed E-state index contributed by atoms with van der Waals surface area (Å²) in [6.45, 7) is 0. The minimum absolute atomic E-state index is 0.162. The van der Waals surface area contributed by atoms with Crippen molar-refractivity contribution in [2.75, 3.05) is 17.7 Å². The van der Waals surface area contributed by atoms with Crippen molar-refractivity contribution in [3.05, 3.63) is 78.0 Å². The quantitative estimate of drug-likeness (QED) is 0.440. The highest BCUT2D eigenvalue weighted by molar-refractivity contribution is 7.99. The zero-order valence-electron chi connectivity index (χ0n) is 16.2. The molecule has 3 N–H and O–H groups in total. The van der Waals surface area contributed by atoms with Crippen molar-refractivity contribution in [1.82, 2.24) is 10.3 Å². The lowest BCUT2D eigenvalue weighted by atomic mass is 10.2. The zero-order valence-corrected chi connectivity index (χ0v) is 17.8. The van der Waals surface area contributed by atoms with E-state index in [0.29, 0.717) is 16.3 Å². The second kappa shape index (κ2) is 9.80. The number of hydrogen-bond acceptors (Lipinski definition) is 4. The van der Waals surface area contributed by atoms with E-state index in [-0.39, 0.29) is 16.7 Å². The lowest BCUT2D eigenvalue weighted by Crippen LogP contribution is -2.19. The molecule has 0 aliphatic rings. The van der Waals surface area contributed by atoms with Gasteiger partial charge in [0.05, 0.1) is 11.1 Å². The molecule has 0 saturated heterocycles. The molecule has 0 saturated carbocycles. The summed E-state index contributed by atoms with van der Waals surface area (Å²) in [5.41, 5.74) is 0.608. The molecule has 0 atom stereocenters. The predicted octanol–water partition coefficient (Wildman–Crippen LogP) is 5.42. The number of aromatic nitrogens is 1. The van der Waals surface area contributed by atoms with Crippen LogP contribution in [0, 0.1) is 0 Å². The fraction of sp³-hybridized carbons (Fsp3) is 0.0952. The van der Waals surface area contributed by atoms with E-state index < -0.39 is 11.7 Å². The van der Waals surface area contributed by atoms with Gasteiger partial charge in [0.25, 0.3) is 5.91 Å². The predicted molar refractivity (Wildman–Crippen MR) is 119 cm³/mol. The van der Waals surface area contributed by atoms with Crippen molar-refractivity contribution in [2.24, 2.45) is 0 Å². The van der Waals surface area contributed by atoms with Gasteiger partial charge in [-0.3, -0.25) is 4.79 Å². The lowest BCUT2D eigenvalue weighted by Gasteiger charge is -2.13. The van der Waals surface area contributed by atoms with Gasteiger partial charge in [-0.25, -0.2) is 4.98 Å². The van der Waals surface area contributed by atoms with Gasteiger partial charge >= 0.3 is 6.18 Å². The van der Waals surface area contributed by atoms with Gasteiger partial charge in [-0.15, -0.1) is 0 Å². The highest BCUT2D eigenvalue weighted by Gasteiger charge is 2.30. The number of nitrogens with one attached hydrogen (secondary N) is 3. The zero-order chi connectivity index (χ0) is 22.4. The minimum atomic E-state index is -4.43. The molecular weight excluding hydrogens is 445 g/mol. The molecule has 2 aromatic carbocycles. The van der Waals surface area contributed by atoms with Gasteiger partial charge in [0.2, 0.25) is 0 Å². The summed E-state index contributed by atoms with van der Waals surface area (Å²) in [7, 11) is 1.55. The van der Waals surface area contributed by atoms with E-state index in [1.54, 1.807) is 25.2 Å². The van der Waals surface area contributed by atoms with Crippen molar-refractivity contribution in [1.29, 1.82) is 0 Å². The highest BCUT2D eigenvalue weighted by atomic mass is 32.2. The molecule has 0 spiro atoms. The maximum atomic E-state index is 12.9. The van der Waals surface area contributed by atoms with Crippen LogP contribution in [0.1, 0.15) is 15.9 Å². The summed E-state index contributed by atoms with van der Waals surface area (Å²) >= 11 is 6.61. The first-order valence-electron chi connectivity index (χ1n) is 8.96. The Kier molecular flexibility index (Phi) is 7.13. The Hall–Kier alpha value is -3.11. The first-order chi connectivity index (χ1) is 14.7. The Morgan fingerprint density at radius 1 is 1.00 bits per heavy atom. The first kappa shape index (κ1) is 22.6. The van der Waals surface area contributed by atoms with Gasteiger partial charge in [0.1, 0.15) is 5.03 Å². The monoisotopic (exact) mass is 462 g/mol. The molecule has 5 nitrogen and oxygen atoms in total. The number of thiocarbonyl (C=S) groups is 1. The summed E-state index contributed by atoms with van der Waals surface area (Å²) in [4.78, 5) is 16.7. The van der Waals surface area contributed by atoms with Crippen LogP contribution in [0.5, 0.6) is 0 Å². The number of anilines is 2. The van der Waals surface area contributed by atoms with Gasteiger partial charge in [-0.1, -0.05) is 23.9 Å². The average Bonchev–Trinajstić information content (AvgIpc) is 2.73. The van der Waals surface area contributed by atoms with E-state index in [1.807, 2.05) is 18.2 Å². The number of carbonyl (C=O) groups is 1. The summed E-state index contributed by atoms with van der Waals surface area (Å²) in [6.07, 6.45) is -2.93. The molecule has 0 bridgehead atoms. The summed E-state index contributed by atoms with van der Waals surface area (Å²) in [5.74, 6) is -0.211. The fourth-order valence-electron chi connectivity index (χ4n) is 2.54. The molecule has 10 heteroatoms.